The maximum Gasteiger partial charge on any atom is 0.312 e. The average molecular weight is 618 g/mol. The third kappa shape index (κ3) is 7.62. The lowest BCUT2D eigenvalue weighted by Crippen LogP contribution is -2.44. The van der Waals surface area contributed by atoms with Crippen LogP contribution in [0.3, 0.4) is 0 Å². The summed E-state index contributed by atoms with van der Waals surface area (Å²) in [6, 6.07) is 18.1. The minimum atomic E-state index is -0.781. The van der Waals surface area contributed by atoms with Crippen LogP contribution in [0.4, 0.5) is 0 Å². The number of carbonyl (C=O) groups excluding carboxylic acids is 1. The molecule has 234 valence electrons. The third-order valence-electron chi connectivity index (χ3n) is 9.32. The van der Waals surface area contributed by atoms with Crippen molar-refractivity contribution >= 4 is 17.6 Å². The van der Waals surface area contributed by atoms with Gasteiger partial charge in [-0.25, -0.2) is 4.68 Å². The van der Waals surface area contributed by atoms with Crippen LogP contribution in [-0.4, -0.2) is 34.7 Å². The zero-order valence-electron chi connectivity index (χ0n) is 26.3. The number of nitrogens with zero attached hydrogens (tertiary/aromatic N) is 3. The molecule has 1 fully saturated rings. The number of hydrogen-bond donors (Lipinski definition) is 0. The highest BCUT2D eigenvalue weighted by Crippen LogP contribution is 2.50. The van der Waals surface area contributed by atoms with Gasteiger partial charge in [-0.2, -0.15) is 0 Å². The molecule has 7 nitrogen and oxygen atoms in total. The summed E-state index contributed by atoms with van der Waals surface area (Å²) < 4.78 is 19.3. The first-order valence-electron chi connectivity index (χ1n) is 15.6. The molecule has 2 aliphatic carbocycles. The Bertz CT molecular complexity index is 1460. The van der Waals surface area contributed by atoms with E-state index in [0.29, 0.717) is 30.7 Å². The Morgan fingerprint density at radius 3 is 2.48 bits per heavy atom. The Morgan fingerprint density at radius 2 is 1.80 bits per heavy atom. The molecule has 2 aliphatic rings. The molecular formula is C36H44ClN3O4. The van der Waals surface area contributed by atoms with E-state index in [0.717, 1.165) is 53.8 Å². The minimum absolute atomic E-state index is 0.0651. The van der Waals surface area contributed by atoms with Gasteiger partial charge >= 0.3 is 5.97 Å². The summed E-state index contributed by atoms with van der Waals surface area (Å²) in [6.07, 6.45) is 12.1. The topological polar surface area (TPSA) is 75.5 Å². The highest BCUT2D eigenvalue weighted by atomic mass is 35.5. The SMILES string of the molecule is COc1ccc(COCC2=CC(C)([C@@H](CCc3cn(C4CCC4)nn3)C(C)(C)C(=O)OCc3ccccc3)CC=C2Cl)cc1. The number of ether oxygens (including phenoxy) is 3. The second kappa shape index (κ2) is 14.1. The number of esters is 1. The Labute approximate surface area is 266 Å². The van der Waals surface area contributed by atoms with Crippen molar-refractivity contribution in [2.45, 2.75) is 78.6 Å². The Morgan fingerprint density at radius 1 is 1.07 bits per heavy atom. The average Bonchev–Trinajstić information content (AvgIpc) is 3.45. The van der Waals surface area contributed by atoms with E-state index in [1.807, 2.05) is 73.1 Å². The summed E-state index contributed by atoms with van der Waals surface area (Å²) in [7, 11) is 1.66. The number of aryl methyl sites for hydroxylation is 1. The van der Waals surface area contributed by atoms with Crippen LogP contribution in [0.15, 0.2) is 83.6 Å². The van der Waals surface area contributed by atoms with Gasteiger partial charge in [-0.05, 0) is 92.5 Å². The molecule has 5 rings (SSSR count). The molecule has 8 heteroatoms. The number of methoxy groups -OCH3 is 1. The van der Waals surface area contributed by atoms with E-state index in [2.05, 4.69) is 35.6 Å². The molecule has 2 atom stereocenters. The Balaban J connectivity index is 1.33. The van der Waals surface area contributed by atoms with Crippen molar-refractivity contribution in [2.75, 3.05) is 13.7 Å². The largest absolute Gasteiger partial charge is 0.497 e. The van der Waals surface area contributed by atoms with Gasteiger partial charge in [0, 0.05) is 11.2 Å². The summed E-state index contributed by atoms with van der Waals surface area (Å²) in [5, 5.41) is 9.60. The van der Waals surface area contributed by atoms with Crippen LogP contribution >= 0.6 is 11.6 Å². The smallest absolute Gasteiger partial charge is 0.312 e. The van der Waals surface area contributed by atoms with Gasteiger partial charge < -0.3 is 14.2 Å². The fraction of sp³-hybridized carbons (Fsp3) is 0.472. The zero-order valence-corrected chi connectivity index (χ0v) is 27.1. The van der Waals surface area contributed by atoms with Crippen molar-refractivity contribution in [3.8, 4) is 5.75 Å². The Kier molecular flexibility index (Phi) is 10.3. The van der Waals surface area contributed by atoms with Gasteiger partial charge in [-0.1, -0.05) is 78.4 Å². The van der Waals surface area contributed by atoms with Crippen LogP contribution in [0.2, 0.25) is 0 Å². The van der Waals surface area contributed by atoms with Crippen LogP contribution in [0.1, 0.15) is 75.7 Å². The number of hydrogen-bond acceptors (Lipinski definition) is 6. The predicted octanol–water partition coefficient (Wildman–Crippen LogP) is 8.01. The summed E-state index contributed by atoms with van der Waals surface area (Å²) in [4.78, 5) is 13.8. The molecule has 0 aliphatic heterocycles. The minimum Gasteiger partial charge on any atom is -0.497 e. The van der Waals surface area contributed by atoms with Crippen molar-refractivity contribution in [3.05, 3.63) is 100 Å². The van der Waals surface area contributed by atoms with E-state index in [4.69, 9.17) is 25.8 Å². The lowest BCUT2D eigenvalue weighted by Gasteiger charge is -2.45. The van der Waals surface area contributed by atoms with Gasteiger partial charge in [0.15, 0.2) is 0 Å². The van der Waals surface area contributed by atoms with Crippen LogP contribution < -0.4 is 4.74 Å². The number of benzene rings is 2. The molecular weight excluding hydrogens is 574 g/mol. The van der Waals surface area contributed by atoms with Gasteiger partial charge in [0.2, 0.25) is 0 Å². The first-order valence-corrected chi connectivity index (χ1v) is 16.0. The first kappa shape index (κ1) is 32.0. The highest BCUT2D eigenvalue weighted by molar-refractivity contribution is 6.32. The van der Waals surface area contributed by atoms with Crippen LogP contribution in [-0.2, 0) is 33.9 Å². The molecule has 0 saturated heterocycles. The normalized spacial score (nSPS) is 19.5. The molecule has 0 spiro atoms. The fourth-order valence-corrected chi connectivity index (χ4v) is 6.62. The second-order valence-corrected chi connectivity index (χ2v) is 13.3. The van der Waals surface area contributed by atoms with E-state index in [9.17, 15) is 4.79 Å². The van der Waals surface area contributed by atoms with Gasteiger partial charge in [-0.3, -0.25) is 4.79 Å². The van der Waals surface area contributed by atoms with Gasteiger partial charge in [0.1, 0.15) is 12.4 Å². The maximum absolute atomic E-state index is 13.8. The van der Waals surface area contributed by atoms with Crippen molar-refractivity contribution in [1.82, 2.24) is 15.0 Å². The molecule has 0 N–H and O–H groups in total. The Hall–Kier alpha value is -3.42. The molecule has 2 aromatic carbocycles. The maximum atomic E-state index is 13.8. The quantitative estimate of drug-likeness (QED) is 0.171. The summed E-state index contributed by atoms with van der Waals surface area (Å²) in [5.41, 5.74) is 2.77. The molecule has 1 heterocycles. The van der Waals surface area contributed by atoms with Crippen LogP contribution in [0, 0.1) is 16.7 Å². The van der Waals surface area contributed by atoms with Crippen molar-refractivity contribution in [3.63, 3.8) is 0 Å². The first-order chi connectivity index (χ1) is 21.2. The van der Waals surface area contributed by atoms with Crippen LogP contribution in [0.5, 0.6) is 5.75 Å². The number of aromatic nitrogens is 3. The molecule has 0 bridgehead atoms. The standard InChI is InChI=1S/C36H44ClN3O4/c1-35(2,34(41)44-24-26-9-6-5-7-10-26)33(18-15-29-22-40(39-38-29)30-11-8-12-30)36(3)20-19-32(37)28(21-36)25-43-23-27-13-16-31(42-4)17-14-27/h5-7,9-10,13-14,16-17,19,21-22,30,33H,8,11-12,15,18,20,23-25H2,1-4H3/t33-,36?/m0/s1. The lowest BCUT2D eigenvalue weighted by molar-refractivity contribution is -0.161. The van der Waals surface area contributed by atoms with Crippen LogP contribution in [0.25, 0.3) is 0 Å². The van der Waals surface area contributed by atoms with Gasteiger partial charge in [0.05, 0.1) is 37.5 Å². The fourth-order valence-electron chi connectivity index (χ4n) is 6.44. The zero-order chi connectivity index (χ0) is 31.2. The van der Waals surface area contributed by atoms with Gasteiger partial charge in [-0.15, -0.1) is 5.10 Å². The molecule has 44 heavy (non-hydrogen) atoms. The molecule has 1 saturated carbocycles. The summed E-state index contributed by atoms with van der Waals surface area (Å²) in [6.45, 7) is 7.31. The van der Waals surface area contributed by atoms with Gasteiger partial charge in [0.25, 0.3) is 0 Å². The lowest BCUT2D eigenvalue weighted by atomic mass is 9.59. The monoisotopic (exact) mass is 617 g/mol. The molecule has 0 radical (unpaired) electrons. The van der Waals surface area contributed by atoms with E-state index in [1.165, 1.54) is 6.42 Å². The number of halogens is 1. The third-order valence-corrected chi connectivity index (χ3v) is 9.72. The highest BCUT2D eigenvalue weighted by Gasteiger charge is 2.48. The van der Waals surface area contributed by atoms with E-state index in [1.54, 1.807) is 7.11 Å². The van der Waals surface area contributed by atoms with E-state index < -0.39 is 5.41 Å². The van der Waals surface area contributed by atoms with Crippen molar-refractivity contribution < 1.29 is 19.0 Å². The number of allylic oxidation sites excluding steroid dienone is 2. The molecule has 1 aromatic heterocycles. The van der Waals surface area contributed by atoms with Crippen molar-refractivity contribution in [2.24, 2.45) is 16.7 Å². The van der Waals surface area contributed by atoms with E-state index >= 15 is 0 Å². The summed E-state index contributed by atoms with van der Waals surface area (Å²) >= 11 is 6.74. The molecule has 1 unspecified atom stereocenters. The predicted molar refractivity (Wildman–Crippen MR) is 172 cm³/mol. The second-order valence-electron chi connectivity index (χ2n) is 12.9. The number of rotatable bonds is 14. The van der Waals surface area contributed by atoms with Crippen molar-refractivity contribution in [1.29, 1.82) is 0 Å². The molecule has 3 aromatic rings. The number of carbonyl (C=O) groups is 1. The molecule has 0 amide bonds. The van der Waals surface area contributed by atoms with E-state index in [-0.39, 0.29) is 23.9 Å². The summed E-state index contributed by atoms with van der Waals surface area (Å²) in [5.74, 6) is 0.536.